The SMILES string of the molecule is CN1CCN(S(=O)(=O)c2ccc(-n3cnnn3)cc2)CC1. The summed E-state index contributed by atoms with van der Waals surface area (Å²) in [6, 6.07) is 6.56. The van der Waals surface area contributed by atoms with E-state index in [2.05, 4.69) is 20.4 Å². The third-order valence-corrected chi connectivity index (χ3v) is 5.46. The van der Waals surface area contributed by atoms with E-state index in [1.54, 1.807) is 24.3 Å². The Balaban J connectivity index is 1.83. The maximum atomic E-state index is 12.6. The molecule has 112 valence electrons. The molecule has 1 aromatic carbocycles. The van der Waals surface area contributed by atoms with Crippen molar-refractivity contribution in [2.75, 3.05) is 33.2 Å². The molecule has 0 N–H and O–H groups in total. The molecule has 1 aromatic heterocycles. The molecule has 2 heterocycles. The zero-order valence-corrected chi connectivity index (χ0v) is 12.4. The molecule has 0 amide bonds. The van der Waals surface area contributed by atoms with E-state index >= 15 is 0 Å². The van der Waals surface area contributed by atoms with Crippen molar-refractivity contribution in [1.29, 1.82) is 0 Å². The Kier molecular flexibility index (Phi) is 3.70. The lowest BCUT2D eigenvalue weighted by Crippen LogP contribution is -2.46. The Morgan fingerprint density at radius 2 is 1.71 bits per heavy atom. The molecule has 3 rings (SSSR count). The number of sulfonamides is 1. The minimum Gasteiger partial charge on any atom is -0.304 e. The molecule has 1 saturated heterocycles. The van der Waals surface area contributed by atoms with Gasteiger partial charge < -0.3 is 4.90 Å². The lowest BCUT2D eigenvalue weighted by Gasteiger charge is -2.31. The maximum Gasteiger partial charge on any atom is 0.243 e. The molecule has 0 atom stereocenters. The molecule has 1 fully saturated rings. The highest BCUT2D eigenvalue weighted by atomic mass is 32.2. The number of rotatable bonds is 3. The highest BCUT2D eigenvalue weighted by Crippen LogP contribution is 2.18. The van der Waals surface area contributed by atoms with E-state index in [9.17, 15) is 8.42 Å². The monoisotopic (exact) mass is 308 g/mol. The zero-order chi connectivity index (χ0) is 14.9. The largest absolute Gasteiger partial charge is 0.304 e. The Hall–Kier alpha value is -1.84. The number of hydrogen-bond acceptors (Lipinski definition) is 6. The lowest BCUT2D eigenvalue weighted by atomic mass is 10.3. The van der Waals surface area contributed by atoms with Gasteiger partial charge >= 0.3 is 0 Å². The number of benzene rings is 1. The van der Waals surface area contributed by atoms with Crippen LogP contribution in [0.2, 0.25) is 0 Å². The molecule has 0 bridgehead atoms. The van der Waals surface area contributed by atoms with Crippen molar-refractivity contribution >= 4 is 10.0 Å². The van der Waals surface area contributed by atoms with Crippen LogP contribution < -0.4 is 0 Å². The highest BCUT2D eigenvalue weighted by Gasteiger charge is 2.27. The van der Waals surface area contributed by atoms with Crippen LogP contribution in [0.4, 0.5) is 0 Å². The van der Waals surface area contributed by atoms with Crippen LogP contribution in [-0.2, 0) is 10.0 Å². The molecular formula is C12H16N6O2S. The normalized spacial score (nSPS) is 18.0. The van der Waals surface area contributed by atoms with Gasteiger partial charge in [0.05, 0.1) is 10.6 Å². The van der Waals surface area contributed by atoms with Gasteiger partial charge in [0.2, 0.25) is 10.0 Å². The fourth-order valence-corrected chi connectivity index (χ4v) is 3.65. The molecule has 2 aromatic rings. The van der Waals surface area contributed by atoms with Crippen LogP contribution in [0.3, 0.4) is 0 Å². The van der Waals surface area contributed by atoms with E-state index in [-0.39, 0.29) is 0 Å². The summed E-state index contributed by atoms with van der Waals surface area (Å²) in [6.07, 6.45) is 1.46. The fraction of sp³-hybridized carbons (Fsp3) is 0.417. The predicted molar refractivity (Wildman–Crippen MR) is 75.4 cm³/mol. The van der Waals surface area contributed by atoms with Gasteiger partial charge in [-0.15, -0.1) is 5.10 Å². The summed E-state index contributed by atoms with van der Waals surface area (Å²) in [5, 5.41) is 10.9. The van der Waals surface area contributed by atoms with Gasteiger partial charge in [0.15, 0.2) is 0 Å². The maximum absolute atomic E-state index is 12.6. The van der Waals surface area contributed by atoms with Crippen LogP contribution in [0.15, 0.2) is 35.5 Å². The summed E-state index contributed by atoms with van der Waals surface area (Å²) in [6.45, 7) is 2.55. The molecule has 1 aliphatic heterocycles. The van der Waals surface area contributed by atoms with E-state index in [4.69, 9.17) is 0 Å². The predicted octanol–water partition coefficient (Wildman–Crippen LogP) is -0.402. The van der Waals surface area contributed by atoms with E-state index < -0.39 is 10.0 Å². The number of hydrogen-bond donors (Lipinski definition) is 0. The van der Waals surface area contributed by atoms with Crippen molar-refractivity contribution in [3.63, 3.8) is 0 Å². The van der Waals surface area contributed by atoms with Crippen LogP contribution in [0.25, 0.3) is 5.69 Å². The first-order valence-electron chi connectivity index (χ1n) is 6.59. The van der Waals surface area contributed by atoms with Gasteiger partial charge in [-0.3, -0.25) is 0 Å². The van der Waals surface area contributed by atoms with Crippen LogP contribution in [-0.4, -0.2) is 71.1 Å². The van der Waals surface area contributed by atoms with Crippen molar-refractivity contribution < 1.29 is 8.42 Å². The minimum atomic E-state index is -3.43. The van der Waals surface area contributed by atoms with Crippen molar-refractivity contribution in [3.05, 3.63) is 30.6 Å². The van der Waals surface area contributed by atoms with E-state index in [0.717, 1.165) is 18.8 Å². The first kappa shape index (κ1) is 14.1. The average Bonchev–Trinajstić information content (AvgIpc) is 3.02. The first-order chi connectivity index (χ1) is 10.1. The number of tetrazole rings is 1. The first-order valence-corrected chi connectivity index (χ1v) is 8.03. The summed E-state index contributed by atoms with van der Waals surface area (Å²) in [4.78, 5) is 2.41. The summed E-state index contributed by atoms with van der Waals surface area (Å²) < 4.78 is 28.1. The van der Waals surface area contributed by atoms with E-state index in [1.165, 1.54) is 15.3 Å². The van der Waals surface area contributed by atoms with Gasteiger partial charge in [0.1, 0.15) is 6.33 Å². The Labute approximate surface area is 123 Å². The number of aromatic nitrogens is 4. The molecule has 0 unspecified atom stereocenters. The Morgan fingerprint density at radius 1 is 1.05 bits per heavy atom. The van der Waals surface area contributed by atoms with Gasteiger partial charge in [-0.05, 0) is 41.7 Å². The molecule has 0 radical (unpaired) electrons. The minimum absolute atomic E-state index is 0.295. The zero-order valence-electron chi connectivity index (χ0n) is 11.6. The second kappa shape index (κ2) is 5.51. The van der Waals surface area contributed by atoms with Crippen molar-refractivity contribution in [2.24, 2.45) is 0 Å². The summed E-state index contributed by atoms with van der Waals surface area (Å²) >= 11 is 0. The van der Waals surface area contributed by atoms with Gasteiger partial charge in [-0.25, -0.2) is 13.1 Å². The van der Waals surface area contributed by atoms with E-state index in [1.807, 2.05) is 7.05 Å². The third-order valence-electron chi connectivity index (χ3n) is 3.55. The summed E-state index contributed by atoms with van der Waals surface area (Å²) in [5.41, 5.74) is 0.720. The molecule has 0 aliphatic carbocycles. The van der Waals surface area contributed by atoms with Gasteiger partial charge in [0.25, 0.3) is 0 Å². The van der Waals surface area contributed by atoms with Crippen LogP contribution >= 0.6 is 0 Å². The molecule has 21 heavy (non-hydrogen) atoms. The Bertz CT molecular complexity index is 690. The quantitative estimate of drug-likeness (QED) is 0.767. The molecule has 8 nitrogen and oxygen atoms in total. The van der Waals surface area contributed by atoms with Crippen LogP contribution in [0.1, 0.15) is 0 Å². The summed E-state index contributed by atoms with van der Waals surface area (Å²) in [5.74, 6) is 0. The topological polar surface area (TPSA) is 84.2 Å². The molecule has 9 heteroatoms. The van der Waals surface area contributed by atoms with Gasteiger partial charge in [-0.2, -0.15) is 4.31 Å². The lowest BCUT2D eigenvalue weighted by molar-refractivity contribution is 0.222. The van der Waals surface area contributed by atoms with Crippen molar-refractivity contribution in [1.82, 2.24) is 29.4 Å². The van der Waals surface area contributed by atoms with Crippen LogP contribution in [0.5, 0.6) is 0 Å². The van der Waals surface area contributed by atoms with Gasteiger partial charge in [0, 0.05) is 26.2 Å². The molecule has 0 spiro atoms. The second-order valence-electron chi connectivity index (χ2n) is 4.96. The van der Waals surface area contributed by atoms with Crippen molar-refractivity contribution in [2.45, 2.75) is 4.90 Å². The second-order valence-corrected chi connectivity index (χ2v) is 6.89. The number of nitrogens with zero attached hydrogens (tertiary/aromatic N) is 6. The summed E-state index contributed by atoms with van der Waals surface area (Å²) in [7, 11) is -1.43. The smallest absolute Gasteiger partial charge is 0.243 e. The fourth-order valence-electron chi connectivity index (χ4n) is 2.23. The van der Waals surface area contributed by atoms with Crippen molar-refractivity contribution in [3.8, 4) is 5.69 Å². The Morgan fingerprint density at radius 3 is 2.29 bits per heavy atom. The molecule has 0 saturated carbocycles. The standard InChI is InChI=1S/C12H16N6O2S/c1-16-6-8-17(9-7-16)21(19,20)12-4-2-11(3-5-12)18-10-13-14-15-18/h2-5,10H,6-9H2,1H3. The number of piperazine rings is 1. The van der Waals surface area contributed by atoms with Gasteiger partial charge in [-0.1, -0.05) is 0 Å². The van der Waals surface area contributed by atoms with Crippen LogP contribution in [0, 0.1) is 0 Å². The average molecular weight is 308 g/mol. The molecular weight excluding hydrogens is 292 g/mol. The highest BCUT2D eigenvalue weighted by molar-refractivity contribution is 7.89. The molecule has 1 aliphatic rings. The third kappa shape index (κ3) is 2.80. The van der Waals surface area contributed by atoms with E-state index in [0.29, 0.717) is 18.0 Å². The number of likely N-dealkylation sites (N-methyl/N-ethyl adjacent to an activating group) is 1.